The van der Waals surface area contributed by atoms with Crippen LogP contribution in [0.4, 0.5) is 0 Å². The first-order chi connectivity index (χ1) is 7.86. The summed E-state index contributed by atoms with van der Waals surface area (Å²) >= 11 is 0. The molecule has 1 aromatic carbocycles. The van der Waals surface area contributed by atoms with Gasteiger partial charge >= 0.3 is 0 Å². The maximum absolute atomic E-state index is 11.2. The molecule has 0 saturated heterocycles. The maximum atomic E-state index is 11.2. The third-order valence-corrected chi connectivity index (χ3v) is 3.62. The number of nitrogens with zero attached hydrogens (tertiary/aromatic N) is 1. The van der Waals surface area contributed by atoms with Gasteiger partial charge in [-0.15, -0.1) is 0 Å². The van der Waals surface area contributed by atoms with Crippen molar-refractivity contribution in [2.24, 2.45) is 5.92 Å². The van der Waals surface area contributed by atoms with Crippen molar-refractivity contribution in [2.75, 3.05) is 0 Å². The molecule has 2 rings (SSSR count). The zero-order valence-corrected chi connectivity index (χ0v) is 11.0. The van der Waals surface area contributed by atoms with E-state index in [4.69, 9.17) is 15.1 Å². The van der Waals surface area contributed by atoms with Gasteiger partial charge in [0.1, 0.15) is 5.52 Å². The van der Waals surface area contributed by atoms with E-state index >= 15 is 0 Å². The first-order valence-electron chi connectivity index (χ1n) is 5.20. The van der Waals surface area contributed by atoms with E-state index in [1.807, 2.05) is 0 Å². The Hall–Kier alpha value is -1.07. The first-order valence-corrected chi connectivity index (χ1v) is 7.51. The van der Waals surface area contributed by atoms with Gasteiger partial charge in [0.25, 0.3) is 9.05 Å². The van der Waals surface area contributed by atoms with Crippen LogP contribution in [-0.2, 0) is 15.5 Å². The second kappa shape index (κ2) is 4.31. The van der Waals surface area contributed by atoms with Crippen molar-refractivity contribution in [2.45, 2.75) is 25.2 Å². The molecule has 4 nitrogen and oxygen atoms in total. The average molecular weight is 274 g/mol. The Labute approximate surface area is 104 Å². The summed E-state index contributed by atoms with van der Waals surface area (Å²) < 4.78 is 27.8. The molecule has 92 valence electrons. The van der Waals surface area contributed by atoms with Crippen molar-refractivity contribution < 1.29 is 12.8 Å². The molecule has 0 amide bonds. The van der Waals surface area contributed by atoms with Gasteiger partial charge in [-0.25, -0.2) is 13.4 Å². The standard InChI is InChI=1S/C11H12ClNO3S/c1-7(2)5-11-13-9-4-3-8(17(12,14)15)6-10(9)16-11/h3-4,6-7H,5H2,1-2H3. The number of halogens is 1. The second-order valence-corrected chi connectivity index (χ2v) is 6.84. The summed E-state index contributed by atoms with van der Waals surface area (Å²) in [6.45, 7) is 4.12. The van der Waals surface area contributed by atoms with Crippen molar-refractivity contribution in [1.29, 1.82) is 0 Å². The van der Waals surface area contributed by atoms with Crippen LogP contribution in [0.3, 0.4) is 0 Å². The van der Waals surface area contributed by atoms with E-state index in [2.05, 4.69) is 18.8 Å². The summed E-state index contributed by atoms with van der Waals surface area (Å²) in [6.07, 6.45) is 0.720. The number of fused-ring (bicyclic) bond motifs is 1. The third-order valence-electron chi connectivity index (χ3n) is 2.27. The molecule has 0 bridgehead atoms. The highest BCUT2D eigenvalue weighted by Crippen LogP contribution is 2.23. The Morgan fingerprint density at radius 3 is 2.71 bits per heavy atom. The highest BCUT2D eigenvalue weighted by atomic mass is 35.7. The van der Waals surface area contributed by atoms with Crippen molar-refractivity contribution >= 4 is 30.8 Å². The molecule has 0 fully saturated rings. The number of hydrogen-bond acceptors (Lipinski definition) is 4. The van der Waals surface area contributed by atoms with E-state index in [0.717, 1.165) is 6.42 Å². The zero-order valence-electron chi connectivity index (χ0n) is 9.47. The monoisotopic (exact) mass is 273 g/mol. The normalized spacial score (nSPS) is 12.5. The van der Waals surface area contributed by atoms with Gasteiger partial charge in [-0.1, -0.05) is 13.8 Å². The lowest BCUT2D eigenvalue weighted by Gasteiger charge is -1.97. The maximum Gasteiger partial charge on any atom is 0.261 e. The van der Waals surface area contributed by atoms with Gasteiger partial charge in [0, 0.05) is 23.2 Å². The number of hydrogen-bond donors (Lipinski definition) is 0. The molecular formula is C11H12ClNO3S. The SMILES string of the molecule is CC(C)Cc1nc2ccc(S(=O)(=O)Cl)cc2o1. The van der Waals surface area contributed by atoms with E-state index in [0.29, 0.717) is 22.9 Å². The number of benzene rings is 1. The Bertz CT molecular complexity index is 646. The highest BCUT2D eigenvalue weighted by molar-refractivity contribution is 8.13. The quantitative estimate of drug-likeness (QED) is 0.807. The number of oxazole rings is 1. The van der Waals surface area contributed by atoms with Crippen molar-refractivity contribution in [3.8, 4) is 0 Å². The molecule has 0 spiro atoms. The van der Waals surface area contributed by atoms with Gasteiger partial charge in [0.05, 0.1) is 4.90 Å². The van der Waals surface area contributed by atoms with E-state index in [9.17, 15) is 8.42 Å². The minimum Gasteiger partial charge on any atom is -0.441 e. The van der Waals surface area contributed by atoms with Crippen LogP contribution < -0.4 is 0 Å². The van der Waals surface area contributed by atoms with E-state index < -0.39 is 9.05 Å². The van der Waals surface area contributed by atoms with Crippen molar-refractivity contribution in [3.05, 3.63) is 24.1 Å². The summed E-state index contributed by atoms with van der Waals surface area (Å²) in [4.78, 5) is 4.30. The van der Waals surface area contributed by atoms with Crippen LogP contribution in [-0.4, -0.2) is 13.4 Å². The molecule has 0 aliphatic carbocycles. The summed E-state index contributed by atoms with van der Waals surface area (Å²) in [6, 6.07) is 4.42. The topological polar surface area (TPSA) is 60.2 Å². The minimum absolute atomic E-state index is 0.0268. The molecule has 1 heterocycles. The number of aromatic nitrogens is 1. The molecule has 0 radical (unpaired) electrons. The number of rotatable bonds is 3. The van der Waals surface area contributed by atoms with Gasteiger partial charge in [0.2, 0.25) is 0 Å². The van der Waals surface area contributed by atoms with E-state index in [1.165, 1.54) is 12.1 Å². The van der Waals surface area contributed by atoms with Crippen LogP contribution in [0.15, 0.2) is 27.5 Å². The first kappa shape index (κ1) is 12.4. The Kier molecular flexibility index (Phi) is 3.14. The summed E-state index contributed by atoms with van der Waals surface area (Å²) in [5.41, 5.74) is 1.09. The molecule has 1 aromatic heterocycles. The lowest BCUT2D eigenvalue weighted by Crippen LogP contribution is -1.93. The molecule has 0 N–H and O–H groups in total. The minimum atomic E-state index is -3.72. The fraction of sp³-hybridized carbons (Fsp3) is 0.364. The van der Waals surface area contributed by atoms with Crippen LogP contribution in [0, 0.1) is 5.92 Å². The molecule has 2 aromatic rings. The van der Waals surface area contributed by atoms with Crippen LogP contribution in [0.25, 0.3) is 11.1 Å². The molecule has 0 saturated carbocycles. The lowest BCUT2D eigenvalue weighted by molar-refractivity contribution is 0.482. The van der Waals surface area contributed by atoms with E-state index in [-0.39, 0.29) is 4.90 Å². The second-order valence-electron chi connectivity index (χ2n) is 4.27. The molecule has 6 heteroatoms. The van der Waals surface area contributed by atoms with Crippen LogP contribution in [0.2, 0.25) is 0 Å². The van der Waals surface area contributed by atoms with Gasteiger partial charge in [-0.3, -0.25) is 0 Å². The lowest BCUT2D eigenvalue weighted by atomic mass is 10.1. The Morgan fingerprint density at radius 2 is 2.12 bits per heavy atom. The predicted molar refractivity (Wildman–Crippen MR) is 65.6 cm³/mol. The van der Waals surface area contributed by atoms with Crippen LogP contribution >= 0.6 is 10.7 Å². The van der Waals surface area contributed by atoms with Gasteiger partial charge in [-0.05, 0) is 18.1 Å². The molecule has 0 aliphatic heterocycles. The fourth-order valence-electron chi connectivity index (χ4n) is 1.54. The molecule has 17 heavy (non-hydrogen) atoms. The van der Waals surface area contributed by atoms with Crippen LogP contribution in [0.1, 0.15) is 19.7 Å². The van der Waals surface area contributed by atoms with Crippen molar-refractivity contribution in [1.82, 2.24) is 4.98 Å². The smallest absolute Gasteiger partial charge is 0.261 e. The van der Waals surface area contributed by atoms with Gasteiger partial charge in [-0.2, -0.15) is 0 Å². The molecule has 0 unspecified atom stereocenters. The summed E-state index contributed by atoms with van der Waals surface area (Å²) in [5, 5.41) is 0. The van der Waals surface area contributed by atoms with Gasteiger partial charge < -0.3 is 4.42 Å². The summed E-state index contributed by atoms with van der Waals surface area (Å²) in [5.74, 6) is 1.04. The van der Waals surface area contributed by atoms with Crippen molar-refractivity contribution in [3.63, 3.8) is 0 Å². The molecule has 0 atom stereocenters. The van der Waals surface area contributed by atoms with Gasteiger partial charge in [0.15, 0.2) is 11.5 Å². The molecule has 0 aliphatic rings. The third kappa shape index (κ3) is 2.79. The zero-order chi connectivity index (χ0) is 12.6. The van der Waals surface area contributed by atoms with Crippen LogP contribution in [0.5, 0.6) is 0 Å². The largest absolute Gasteiger partial charge is 0.441 e. The highest BCUT2D eigenvalue weighted by Gasteiger charge is 2.13. The Morgan fingerprint density at radius 1 is 1.41 bits per heavy atom. The fourth-order valence-corrected chi connectivity index (χ4v) is 2.31. The van der Waals surface area contributed by atoms with E-state index in [1.54, 1.807) is 6.07 Å². The Balaban J connectivity index is 2.48. The summed E-state index contributed by atoms with van der Waals surface area (Å²) in [7, 11) is 1.54. The predicted octanol–water partition coefficient (Wildman–Crippen LogP) is 2.95. The average Bonchev–Trinajstić information content (AvgIpc) is 2.55. The molecular weight excluding hydrogens is 262 g/mol.